The van der Waals surface area contributed by atoms with Gasteiger partial charge in [0.05, 0.1) is 11.3 Å². The number of imide groups is 1. The Bertz CT molecular complexity index is 1070. The average Bonchev–Trinajstić information content (AvgIpc) is 3.24. The standard InChI is InChI=1S/C21H15FN2O2S/c1-13-6-4-7-14(12-13)23-19-18(17-10-5-11-27-17)20(25)24(21(19)26)16-9-3-2-8-15(16)22/h2-12,23H,1H3. The number of hydrogen-bond acceptors (Lipinski definition) is 4. The summed E-state index contributed by atoms with van der Waals surface area (Å²) in [6, 6.07) is 16.8. The van der Waals surface area contributed by atoms with Gasteiger partial charge in [-0.25, -0.2) is 9.29 Å². The molecule has 0 fully saturated rings. The first-order valence-electron chi connectivity index (χ1n) is 8.31. The number of amides is 2. The van der Waals surface area contributed by atoms with Crippen LogP contribution in [-0.4, -0.2) is 11.8 Å². The van der Waals surface area contributed by atoms with Crippen molar-refractivity contribution in [2.75, 3.05) is 10.2 Å². The van der Waals surface area contributed by atoms with Crippen LogP contribution in [0.2, 0.25) is 0 Å². The van der Waals surface area contributed by atoms with E-state index >= 15 is 0 Å². The molecule has 1 aliphatic rings. The molecule has 0 bridgehead atoms. The van der Waals surface area contributed by atoms with Crippen LogP contribution < -0.4 is 10.2 Å². The Labute approximate surface area is 159 Å². The van der Waals surface area contributed by atoms with Crippen LogP contribution in [0.15, 0.2) is 71.7 Å². The van der Waals surface area contributed by atoms with Crippen LogP contribution in [0.3, 0.4) is 0 Å². The average molecular weight is 378 g/mol. The van der Waals surface area contributed by atoms with Crippen molar-refractivity contribution < 1.29 is 14.0 Å². The number of hydrogen-bond donors (Lipinski definition) is 1. The lowest BCUT2D eigenvalue weighted by Crippen LogP contribution is -2.33. The van der Waals surface area contributed by atoms with Crippen molar-refractivity contribution in [3.05, 3.63) is 88.0 Å². The number of para-hydroxylation sites is 1. The van der Waals surface area contributed by atoms with E-state index in [2.05, 4.69) is 5.32 Å². The maximum absolute atomic E-state index is 14.3. The fraction of sp³-hybridized carbons (Fsp3) is 0.0476. The maximum atomic E-state index is 14.3. The van der Waals surface area contributed by atoms with E-state index in [1.54, 1.807) is 18.2 Å². The van der Waals surface area contributed by atoms with Crippen molar-refractivity contribution in [1.82, 2.24) is 0 Å². The summed E-state index contributed by atoms with van der Waals surface area (Å²) in [4.78, 5) is 27.7. The van der Waals surface area contributed by atoms with Gasteiger partial charge in [-0.3, -0.25) is 9.59 Å². The maximum Gasteiger partial charge on any atom is 0.282 e. The highest BCUT2D eigenvalue weighted by molar-refractivity contribution is 7.11. The molecule has 3 aromatic rings. The second kappa shape index (κ2) is 6.81. The van der Waals surface area contributed by atoms with Gasteiger partial charge in [-0.05, 0) is 48.2 Å². The number of rotatable bonds is 4. The molecule has 134 valence electrons. The molecule has 0 radical (unpaired) electrons. The zero-order valence-corrected chi connectivity index (χ0v) is 15.2. The molecule has 2 aromatic carbocycles. The fourth-order valence-electron chi connectivity index (χ4n) is 3.01. The van der Waals surface area contributed by atoms with Crippen molar-refractivity contribution in [3.8, 4) is 0 Å². The Hall–Kier alpha value is -3.25. The van der Waals surface area contributed by atoms with Gasteiger partial charge in [-0.1, -0.05) is 30.3 Å². The van der Waals surface area contributed by atoms with Gasteiger partial charge < -0.3 is 5.32 Å². The number of thiophene rings is 1. The third-order valence-corrected chi connectivity index (χ3v) is 5.12. The normalized spacial score (nSPS) is 14.2. The lowest BCUT2D eigenvalue weighted by Gasteiger charge is -2.16. The Morgan fingerprint density at radius 3 is 2.48 bits per heavy atom. The molecule has 0 saturated carbocycles. The molecule has 4 rings (SSSR count). The van der Waals surface area contributed by atoms with Crippen LogP contribution in [0.25, 0.3) is 5.57 Å². The lowest BCUT2D eigenvalue weighted by atomic mass is 10.1. The number of carbonyl (C=O) groups excluding carboxylic acids is 2. The van der Waals surface area contributed by atoms with E-state index in [1.165, 1.54) is 29.5 Å². The monoisotopic (exact) mass is 378 g/mol. The second-order valence-electron chi connectivity index (χ2n) is 6.12. The first kappa shape index (κ1) is 17.2. The van der Waals surface area contributed by atoms with Gasteiger partial charge in [-0.2, -0.15) is 0 Å². The quantitative estimate of drug-likeness (QED) is 0.676. The molecule has 1 aliphatic heterocycles. The second-order valence-corrected chi connectivity index (χ2v) is 7.07. The molecule has 27 heavy (non-hydrogen) atoms. The zero-order valence-electron chi connectivity index (χ0n) is 14.4. The molecule has 2 amide bonds. The first-order valence-corrected chi connectivity index (χ1v) is 9.19. The number of benzene rings is 2. The Morgan fingerprint density at radius 1 is 0.963 bits per heavy atom. The Morgan fingerprint density at radius 2 is 1.78 bits per heavy atom. The zero-order chi connectivity index (χ0) is 19.0. The van der Waals surface area contributed by atoms with Crippen LogP contribution in [0.1, 0.15) is 10.4 Å². The van der Waals surface area contributed by atoms with Gasteiger partial charge in [0.15, 0.2) is 0 Å². The molecule has 1 aromatic heterocycles. The van der Waals surface area contributed by atoms with Crippen LogP contribution in [0.4, 0.5) is 15.8 Å². The Kier molecular flexibility index (Phi) is 4.33. The van der Waals surface area contributed by atoms with Gasteiger partial charge in [0.1, 0.15) is 11.5 Å². The van der Waals surface area contributed by atoms with E-state index in [-0.39, 0.29) is 17.0 Å². The first-order chi connectivity index (χ1) is 13.1. The highest BCUT2D eigenvalue weighted by Gasteiger charge is 2.41. The summed E-state index contributed by atoms with van der Waals surface area (Å²) < 4.78 is 14.3. The molecule has 0 aliphatic carbocycles. The number of anilines is 2. The molecular weight excluding hydrogens is 363 g/mol. The van der Waals surface area contributed by atoms with E-state index < -0.39 is 17.6 Å². The minimum absolute atomic E-state index is 0.0531. The third-order valence-electron chi connectivity index (χ3n) is 4.23. The van der Waals surface area contributed by atoms with Crippen LogP contribution in [0, 0.1) is 12.7 Å². The highest BCUT2D eigenvalue weighted by atomic mass is 32.1. The largest absolute Gasteiger partial charge is 0.350 e. The van der Waals surface area contributed by atoms with Crippen LogP contribution in [0.5, 0.6) is 0 Å². The molecular formula is C21H15FN2O2S. The summed E-state index contributed by atoms with van der Waals surface area (Å²) >= 11 is 1.35. The SMILES string of the molecule is Cc1cccc(NC2=C(c3cccs3)C(=O)N(c3ccccc3F)C2=O)c1. The van der Waals surface area contributed by atoms with Crippen molar-refractivity contribution in [2.45, 2.75) is 6.92 Å². The summed E-state index contributed by atoms with van der Waals surface area (Å²) in [5.41, 5.74) is 2.05. The minimum atomic E-state index is -0.624. The van der Waals surface area contributed by atoms with Crippen molar-refractivity contribution in [2.24, 2.45) is 0 Å². The number of nitrogens with one attached hydrogen (secondary N) is 1. The molecule has 0 spiro atoms. The summed E-state index contributed by atoms with van der Waals surface area (Å²) in [6.45, 7) is 1.94. The summed E-state index contributed by atoms with van der Waals surface area (Å²) in [5, 5.41) is 4.90. The molecule has 0 saturated heterocycles. The van der Waals surface area contributed by atoms with E-state index in [0.29, 0.717) is 10.6 Å². The van der Waals surface area contributed by atoms with Crippen LogP contribution >= 0.6 is 11.3 Å². The van der Waals surface area contributed by atoms with Gasteiger partial charge in [0, 0.05) is 10.6 Å². The van der Waals surface area contributed by atoms with E-state index in [4.69, 9.17) is 0 Å². The minimum Gasteiger partial charge on any atom is -0.350 e. The van der Waals surface area contributed by atoms with Gasteiger partial charge in [0.25, 0.3) is 11.8 Å². The number of halogens is 1. The Balaban J connectivity index is 1.82. The fourth-order valence-corrected chi connectivity index (χ4v) is 3.78. The van der Waals surface area contributed by atoms with Gasteiger partial charge in [0.2, 0.25) is 0 Å². The van der Waals surface area contributed by atoms with E-state index in [1.807, 2.05) is 36.6 Å². The summed E-state index contributed by atoms with van der Waals surface area (Å²) in [7, 11) is 0. The molecule has 6 heteroatoms. The topological polar surface area (TPSA) is 49.4 Å². The molecule has 4 nitrogen and oxygen atoms in total. The molecule has 2 heterocycles. The molecule has 0 atom stereocenters. The molecule has 0 unspecified atom stereocenters. The van der Waals surface area contributed by atoms with E-state index in [9.17, 15) is 14.0 Å². The lowest BCUT2D eigenvalue weighted by molar-refractivity contribution is -0.120. The van der Waals surface area contributed by atoms with E-state index in [0.717, 1.165) is 10.5 Å². The summed E-state index contributed by atoms with van der Waals surface area (Å²) in [6.07, 6.45) is 0. The van der Waals surface area contributed by atoms with Crippen molar-refractivity contribution in [1.29, 1.82) is 0 Å². The predicted octanol–water partition coefficient (Wildman–Crippen LogP) is 4.59. The molecule has 1 N–H and O–H groups in total. The van der Waals surface area contributed by atoms with Gasteiger partial charge in [-0.15, -0.1) is 11.3 Å². The van der Waals surface area contributed by atoms with Crippen molar-refractivity contribution >= 4 is 40.1 Å². The predicted molar refractivity (Wildman–Crippen MR) is 105 cm³/mol. The van der Waals surface area contributed by atoms with Crippen molar-refractivity contribution in [3.63, 3.8) is 0 Å². The number of aryl methyl sites for hydroxylation is 1. The number of nitrogens with zero attached hydrogens (tertiary/aromatic N) is 1. The summed E-state index contributed by atoms with van der Waals surface area (Å²) in [5.74, 6) is -1.74. The number of carbonyl (C=O) groups is 2. The van der Waals surface area contributed by atoms with Gasteiger partial charge >= 0.3 is 0 Å². The highest BCUT2D eigenvalue weighted by Crippen LogP contribution is 2.36. The third kappa shape index (κ3) is 3.04. The van der Waals surface area contributed by atoms with Crippen LogP contribution in [-0.2, 0) is 9.59 Å². The smallest absolute Gasteiger partial charge is 0.282 e.